The van der Waals surface area contributed by atoms with Gasteiger partial charge >= 0.3 is 0 Å². The molecule has 84 valence electrons. The van der Waals surface area contributed by atoms with Gasteiger partial charge in [-0.1, -0.05) is 0 Å². The van der Waals surface area contributed by atoms with Gasteiger partial charge in [0, 0.05) is 23.1 Å². The first-order chi connectivity index (χ1) is 7.65. The second-order valence-corrected chi connectivity index (χ2v) is 3.79. The van der Waals surface area contributed by atoms with Crippen molar-refractivity contribution >= 4 is 0 Å². The smallest absolute Gasteiger partial charge is 0.140 e. The molecule has 4 nitrogen and oxygen atoms in total. The number of rotatable bonds is 2. The molecule has 0 bridgehead atoms. The highest BCUT2D eigenvalue weighted by molar-refractivity contribution is 5.67. The Morgan fingerprint density at radius 1 is 1.31 bits per heavy atom. The van der Waals surface area contributed by atoms with Gasteiger partial charge in [0.25, 0.3) is 0 Å². The molecule has 4 heteroatoms. The van der Waals surface area contributed by atoms with Crippen LogP contribution in [0.15, 0.2) is 0 Å². The number of nitriles is 1. The maximum absolute atomic E-state index is 9.70. The van der Waals surface area contributed by atoms with Crippen molar-refractivity contribution in [2.75, 3.05) is 14.2 Å². The van der Waals surface area contributed by atoms with Crippen LogP contribution in [0.25, 0.3) is 0 Å². The number of aliphatic hydroxyl groups is 1. The van der Waals surface area contributed by atoms with Crippen molar-refractivity contribution in [1.82, 2.24) is 0 Å². The minimum absolute atomic E-state index is 0.491. The van der Waals surface area contributed by atoms with Crippen LogP contribution in [0, 0.1) is 18.3 Å². The summed E-state index contributed by atoms with van der Waals surface area (Å²) in [6.07, 6.45) is 0.00870. The number of aliphatic hydroxyl groups excluding tert-OH is 1. The van der Waals surface area contributed by atoms with E-state index in [0.717, 1.165) is 16.7 Å². The topological polar surface area (TPSA) is 62.5 Å². The van der Waals surface area contributed by atoms with Crippen molar-refractivity contribution in [3.05, 3.63) is 22.3 Å². The molecule has 1 aromatic carbocycles. The zero-order chi connectivity index (χ0) is 11.9. The average Bonchev–Trinajstić information content (AvgIpc) is 2.28. The summed E-state index contributed by atoms with van der Waals surface area (Å²) < 4.78 is 10.5. The van der Waals surface area contributed by atoms with Gasteiger partial charge < -0.3 is 14.6 Å². The lowest BCUT2D eigenvalue weighted by Gasteiger charge is -2.31. The first-order valence-corrected chi connectivity index (χ1v) is 5.01. The molecule has 1 aromatic rings. The summed E-state index contributed by atoms with van der Waals surface area (Å²) in [6.45, 7) is 1.80. The van der Waals surface area contributed by atoms with Gasteiger partial charge in [0.05, 0.1) is 20.3 Å². The predicted molar refractivity (Wildman–Crippen MR) is 57.7 cm³/mol. The molecule has 0 saturated heterocycles. The quantitative estimate of drug-likeness (QED) is 0.818. The van der Waals surface area contributed by atoms with Crippen LogP contribution in [-0.4, -0.2) is 19.3 Å². The monoisotopic (exact) mass is 219 g/mol. The van der Waals surface area contributed by atoms with Gasteiger partial charge in [-0.05, 0) is 6.92 Å². The molecule has 0 spiro atoms. The lowest BCUT2D eigenvalue weighted by molar-refractivity contribution is 0.145. The Labute approximate surface area is 94.0 Å². The minimum atomic E-state index is -0.509. The minimum Gasteiger partial charge on any atom is -0.496 e. The molecule has 1 atom stereocenters. The second kappa shape index (κ2) is 3.69. The molecule has 0 amide bonds. The molecule has 1 unspecified atom stereocenters. The fraction of sp³-hybridized carbons (Fsp3) is 0.417. The lowest BCUT2D eigenvalue weighted by Crippen LogP contribution is -2.21. The Hall–Kier alpha value is -1.73. The van der Waals surface area contributed by atoms with E-state index in [1.165, 1.54) is 7.11 Å². The summed E-state index contributed by atoms with van der Waals surface area (Å²) in [6, 6.07) is 2.12. The Bertz CT molecular complexity index is 485. The van der Waals surface area contributed by atoms with Crippen molar-refractivity contribution in [3.63, 3.8) is 0 Å². The van der Waals surface area contributed by atoms with Crippen LogP contribution in [0.3, 0.4) is 0 Å². The fourth-order valence-electron chi connectivity index (χ4n) is 2.24. The zero-order valence-electron chi connectivity index (χ0n) is 9.50. The lowest BCUT2D eigenvalue weighted by atomic mass is 9.80. The van der Waals surface area contributed by atoms with E-state index in [1.54, 1.807) is 14.0 Å². The van der Waals surface area contributed by atoms with E-state index in [2.05, 4.69) is 6.07 Å². The van der Waals surface area contributed by atoms with Crippen molar-refractivity contribution < 1.29 is 14.6 Å². The van der Waals surface area contributed by atoms with Gasteiger partial charge in [-0.2, -0.15) is 5.26 Å². The van der Waals surface area contributed by atoms with Gasteiger partial charge in [0.2, 0.25) is 0 Å². The van der Waals surface area contributed by atoms with Crippen molar-refractivity contribution in [2.24, 2.45) is 0 Å². The van der Waals surface area contributed by atoms with Gasteiger partial charge in [-0.25, -0.2) is 0 Å². The summed E-state index contributed by atoms with van der Waals surface area (Å²) in [5, 5.41) is 18.8. The molecule has 1 aliphatic rings. The summed E-state index contributed by atoms with van der Waals surface area (Å²) in [5.74, 6) is 1.17. The molecule has 1 N–H and O–H groups in total. The standard InChI is InChI=1S/C12H13NO3/c1-6-8(5-13)12(16-3)7-4-9(14)10(7)11(6)15-2/h9,14H,4H2,1-3H3. The Balaban J connectivity index is 2.77. The van der Waals surface area contributed by atoms with Gasteiger partial charge in [0.15, 0.2) is 0 Å². The van der Waals surface area contributed by atoms with Crippen LogP contribution in [0.1, 0.15) is 28.4 Å². The first-order valence-electron chi connectivity index (χ1n) is 5.01. The average molecular weight is 219 g/mol. The maximum Gasteiger partial charge on any atom is 0.140 e. The highest BCUT2D eigenvalue weighted by Crippen LogP contribution is 2.48. The van der Waals surface area contributed by atoms with E-state index >= 15 is 0 Å². The van der Waals surface area contributed by atoms with Crippen LogP contribution >= 0.6 is 0 Å². The molecular weight excluding hydrogens is 206 g/mol. The first kappa shape index (κ1) is 10.8. The molecule has 0 saturated carbocycles. The van der Waals surface area contributed by atoms with Crippen LogP contribution in [-0.2, 0) is 6.42 Å². The summed E-state index contributed by atoms with van der Waals surface area (Å²) >= 11 is 0. The number of ether oxygens (including phenoxy) is 2. The van der Waals surface area contributed by atoms with Crippen molar-refractivity contribution in [2.45, 2.75) is 19.4 Å². The van der Waals surface area contributed by atoms with E-state index in [0.29, 0.717) is 23.5 Å². The van der Waals surface area contributed by atoms with Crippen LogP contribution in [0.4, 0.5) is 0 Å². The maximum atomic E-state index is 9.70. The Morgan fingerprint density at radius 3 is 2.38 bits per heavy atom. The van der Waals surface area contributed by atoms with Crippen molar-refractivity contribution in [1.29, 1.82) is 5.26 Å². The van der Waals surface area contributed by atoms with E-state index < -0.39 is 6.10 Å². The largest absolute Gasteiger partial charge is 0.496 e. The van der Waals surface area contributed by atoms with Gasteiger partial charge in [0.1, 0.15) is 23.1 Å². The third kappa shape index (κ3) is 1.18. The SMILES string of the molecule is COc1c(C#N)c(C)c(OC)c2c1CC2O. The summed E-state index contributed by atoms with van der Waals surface area (Å²) in [7, 11) is 3.08. The number of hydrogen-bond acceptors (Lipinski definition) is 4. The Morgan fingerprint density at radius 2 is 1.94 bits per heavy atom. The van der Waals surface area contributed by atoms with Gasteiger partial charge in [-0.3, -0.25) is 0 Å². The number of methoxy groups -OCH3 is 2. The van der Waals surface area contributed by atoms with E-state index in [1.807, 2.05) is 0 Å². The molecule has 2 rings (SSSR count). The molecule has 0 aliphatic heterocycles. The third-order valence-electron chi connectivity index (χ3n) is 3.04. The predicted octanol–water partition coefficient (Wildman–Crippen LogP) is 1.47. The highest BCUT2D eigenvalue weighted by atomic mass is 16.5. The highest BCUT2D eigenvalue weighted by Gasteiger charge is 2.35. The molecule has 0 fully saturated rings. The van der Waals surface area contributed by atoms with Gasteiger partial charge in [-0.15, -0.1) is 0 Å². The summed E-state index contributed by atoms with van der Waals surface area (Å²) in [4.78, 5) is 0. The number of fused-ring (bicyclic) bond motifs is 1. The molecule has 0 radical (unpaired) electrons. The fourth-order valence-corrected chi connectivity index (χ4v) is 2.24. The third-order valence-corrected chi connectivity index (χ3v) is 3.04. The number of benzene rings is 1. The summed E-state index contributed by atoms with van der Waals surface area (Å²) in [5.41, 5.74) is 2.86. The zero-order valence-corrected chi connectivity index (χ0v) is 9.50. The van der Waals surface area contributed by atoms with E-state index in [4.69, 9.17) is 14.7 Å². The van der Waals surface area contributed by atoms with E-state index in [9.17, 15) is 5.11 Å². The molecule has 1 aliphatic carbocycles. The van der Waals surface area contributed by atoms with Crippen LogP contribution in [0.5, 0.6) is 11.5 Å². The Kier molecular flexibility index (Phi) is 2.49. The molecule has 16 heavy (non-hydrogen) atoms. The molecule has 0 aromatic heterocycles. The number of hydrogen-bond donors (Lipinski definition) is 1. The van der Waals surface area contributed by atoms with Crippen molar-refractivity contribution in [3.8, 4) is 17.6 Å². The van der Waals surface area contributed by atoms with Crippen LogP contribution < -0.4 is 9.47 Å². The molecule has 0 heterocycles. The normalized spacial score (nSPS) is 17.1. The number of nitrogens with zero attached hydrogens (tertiary/aromatic N) is 1. The second-order valence-electron chi connectivity index (χ2n) is 3.79. The molecular formula is C12H13NO3. The van der Waals surface area contributed by atoms with E-state index in [-0.39, 0.29) is 0 Å². The van der Waals surface area contributed by atoms with Crippen LogP contribution in [0.2, 0.25) is 0 Å².